The van der Waals surface area contributed by atoms with Crippen molar-refractivity contribution in [3.63, 3.8) is 0 Å². The van der Waals surface area contributed by atoms with Crippen LogP contribution in [0.2, 0.25) is 5.02 Å². The predicted molar refractivity (Wildman–Crippen MR) is 111 cm³/mol. The first-order valence-corrected chi connectivity index (χ1v) is 9.89. The lowest BCUT2D eigenvalue weighted by molar-refractivity contribution is 0.0600. The van der Waals surface area contributed by atoms with Gasteiger partial charge in [-0.15, -0.1) is 0 Å². The molecule has 0 amide bonds. The van der Waals surface area contributed by atoms with E-state index in [1.165, 1.54) is 18.4 Å². The molecule has 0 saturated carbocycles. The topological polar surface area (TPSA) is 37.7 Å². The predicted octanol–water partition coefficient (Wildman–Crippen LogP) is 3.94. The number of carbonyl (C=O) groups is 1. The highest BCUT2D eigenvalue weighted by Crippen LogP contribution is 2.42. The number of hydrogen-bond acceptors (Lipinski definition) is 4. The fourth-order valence-electron chi connectivity index (χ4n) is 4.72. The molecule has 2 aromatic carbocycles. The van der Waals surface area contributed by atoms with Crippen molar-refractivity contribution in [3.05, 3.63) is 64.3 Å². The Labute approximate surface area is 169 Å². The summed E-state index contributed by atoms with van der Waals surface area (Å²) >= 11 is 6.30. The van der Waals surface area contributed by atoms with Crippen molar-refractivity contribution in [2.45, 2.75) is 12.6 Å². The Hall–Kier alpha value is -2.50. The van der Waals surface area contributed by atoms with Crippen LogP contribution < -0.4 is 4.90 Å². The van der Waals surface area contributed by atoms with Gasteiger partial charge in [0.25, 0.3) is 0 Å². The van der Waals surface area contributed by atoms with Crippen LogP contribution in [-0.2, 0) is 11.3 Å². The summed E-state index contributed by atoms with van der Waals surface area (Å²) in [6, 6.07) is 14.4. The molecule has 2 aliphatic heterocycles. The number of likely N-dealkylation sites (N-methyl/N-ethyl adjacent to an activating group) is 1. The molecule has 1 fully saturated rings. The van der Waals surface area contributed by atoms with E-state index in [0.29, 0.717) is 10.6 Å². The standard InChI is InChI=1S/C22H22ClN3O2/c1-24-9-10-25-17-6-4-3-5-14(17)12-26-18-8-7-15(23)11-16(18)20(22(27)28-2)21(26)19(25)13-24/h3-8,11,19H,9-10,12-13H2,1-2H3. The zero-order valence-corrected chi connectivity index (χ0v) is 16.7. The fraction of sp³-hybridized carbons (Fsp3) is 0.318. The number of benzene rings is 2. The van der Waals surface area contributed by atoms with Gasteiger partial charge in [-0.25, -0.2) is 4.79 Å². The molecule has 144 valence electrons. The Morgan fingerprint density at radius 1 is 1.18 bits per heavy atom. The van der Waals surface area contributed by atoms with Crippen molar-refractivity contribution in [1.82, 2.24) is 9.47 Å². The molecule has 5 nitrogen and oxygen atoms in total. The van der Waals surface area contributed by atoms with Gasteiger partial charge in [-0.2, -0.15) is 0 Å². The monoisotopic (exact) mass is 395 g/mol. The average Bonchev–Trinajstić information content (AvgIpc) is 2.93. The molecule has 3 aromatic rings. The molecule has 2 aliphatic rings. The molecule has 1 unspecified atom stereocenters. The second-order valence-electron chi connectivity index (χ2n) is 7.60. The second kappa shape index (κ2) is 6.54. The van der Waals surface area contributed by atoms with E-state index in [1.807, 2.05) is 18.2 Å². The van der Waals surface area contributed by atoms with Crippen LogP contribution in [0.15, 0.2) is 42.5 Å². The van der Waals surface area contributed by atoms with Crippen LogP contribution in [0.5, 0.6) is 0 Å². The smallest absolute Gasteiger partial charge is 0.340 e. The Balaban J connectivity index is 1.86. The molecular formula is C22H22ClN3O2. The Morgan fingerprint density at radius 3 is 2.82 bits per heavy atom. The minimum atomic E-state index is -0.305. The number of carbonyl (C=O) groups excluding carboxylic acids is 1. The fourth-order valence-corrected chi connectivity index (χ4v) is 4.89. The van der Waals surface area contributed by atoms with E-state index in [4.69, 9.17) is 16.3 Å². The number of para-hydroxylation sites is 1. The van der Waals surface area contributed by atoms with Crippen LogP contribution in [0.4, 0.5) is 5.69 Å². The summed E-state index contributed by atoms with van der Waals surface area (Å²) in [5.74, 6) is -0.305. The van der Waals surface area contributed by atoms with E-state index in [0.717, 1.165) is 42.8 Å². The van der Waals surface area contributed by atoms with Gasteiger partial charge in [0.2, 0.25) is 0 Å². The lowest BCUT2D eigenvalue weighted by atomic mass is 10.0. The van der Waals surface area contributed by atoms with E-state index in [-0.39, 0.29) is 12.0 Å². The SMILES string of the molecule is COC(=O)c1c2n(c3ccc(Cl)cc13)Cc1ccccc1N1CCN(C)CC21. The molecule has 5 rings (SSSR count). The first kappa shape index (κ1) is 17.6. The Kier molecular flexibility index (Phi) is 4.11. The maximum atomic E-state index is 12.9. The largest absolute Gasteiger partial charge is 0.465 e. The van der Waals surface area contributed by atoms with Crippen molar-refractivity contribution >= 4 is 34.2 Å². The van der Waals surface area contributed by atoms with Crippen molar-refractivity contribution in [2.24, 2.45) is 0 Å². The van der Waals surface area contributed by atoms with Crippen molar-refractivity contribution in [2.75, 3.05) is 38.7 Å². The van der Waals surface area contributed by atoms with E-state index < -0.39 is 0 Å². The summed E-state index contributed by atoms with van der Waals surface area (Å²) in [6.45, 7) is 3.48. The summed E-state index contributed by atoms with van der Waals surface area (Å²) in [4.78, 5) is 17.7. The van der Waals surface area contributed by atoms with Crippen LogP contribution in [0.25, 0.3) is 10.9 Å². The minimum absolute atomic E-state index is 0.0719. The highest BCUT2D eigenvalue weighted by atomic mass is 35.5. The number of rotatable bonds is 1. The third-order valence-corrected chi connectivity index (χ3v) is 6.22. The first-order valence-electron chi connectivity index (χ1n) is 9.51. The molecule has 0 aliphatic carbocycles. The minimum Gasteiger partial charge on any atom is -0.465 e. The van der Waals surface area contributed by atoms with Crippen LogP contribution in [0, 0.1) is 0 Å². The lowest BCUT2D eigenvalue weighted by Crippen LogP contribution is -2.47. The maximum absolute atomic E-state index is 12.9. The van der Waals surface area contributed by atoms with Crippen LogP contribution in [0.1, 0.15) is 27.7 Å². The van der Waals surface area contributed by atoms with Gasteiger partial charge < -0.3 is 19.1 Å². The second-order valence-corrected chi connectivity index (χ2v) is 8.04. The lowest BCUT2D eigenvalue weighted by Gasteiger charge is -2.41. The molecule has 0 N–H and O–H groups in total. The molecular weight excluding hydrogens is 374 g/mol. The molecule has 1 aromatic heterocycles. The average molecular weight is 396 g/mol. The first-order chi connectivity index (χ1) is 13.6. The van der Waals surface area contributed by atoms with Crippen LogP contribution in [0.3, 0.4) is 0 Å². The quantitative estimate of drug-likeness (QED) is 0.585. The number of ether oxygens (including phenoxy) is 1. The number of methoxy groups -OCH3 is 1. The van der Waals surface area contributed by atoms with Gasteiger partial charge in [0.15, 0.2) is 0 Å². The summed E-state index contributed by atoms with van der Waals surface area (Å²) in [5, 5.41) is 1.48. The number of halogens is 1. The van der Waals surface area contributed by atoms with E-state index in [2.05, 4.69) is 45.7 Å². The van der Waals surface area contributed by atoms with Gasteiger partial charge in [0.1, 0.15) is 0 Å². The number of esters is 1. The zero-order valence-electron chi connectivity index (χ0n) is 16.0. The van der Waals surface area contributed by atoms with E-state index in [1.54, 1.807) is 0 Å². The number of aromatic nitrogens is 1. The maximum Gasteiger partial charge on any atom is 0.340 e. The van der Waals surface area contributed by atoms with Crippen LogP contribution >= 0.6 is 11.6 Å². The molecule has 28 heavy (non-hydrogen) atoms. The zero-order chi connectivity index (χ0) is 19.4. The number of piperazine rings is 1. The van der Waals surface area contributed by atoms with Gasteiger partial charge in [0.05, 0.1) is 24.4 Å². The molecule has 1 saturated heterocycles. The molecule has 0 radical (unpaired) electrons. The van der Waals surface area contributed by atoms with Gasteiger partial charge in [-0.05, 0) is 36.9 Å². The molecule has 3 heterocycles. The van der Waals surface area contributed by atoms with Crippen molar-refractivity contribution in [1.29, 1.82) is 0 Å². The normalized spacial score (nSPS) is 19.0. The van der Waals surface area contributed by atoms with Crippen molar-refractivity contribution < 1.29 is 9.53 Å². The number of anilines is 1. The third-order valence-electron chi connectivity index (χ3n) is 5.98. The van der Waals surface area contributed by atoms with E-state index >= 15 is 0 Å². The number of fused-ring (bicyclic) bond motifs is 7. The summed E-state index contributed by atoms with van der Waals surface area (Å²) in [6.07, 6.45) is 0. The van der Waals surface area contributed by atoms with Crippen molar-refractivity contribution in [3.8, 4) is 0 Å². The van der Waals surface area contributed by atoms with Gasteiger partial charge in [0, 0.05) is 47.8 Å². The third kappa shape index (κ3) is 2.54. The summed E-state index contributed by atoms with van der Waals surface area (Å²) < 4.78 is 7.48. The molecule has 1 atom stereocenters. The molecule has 0 spiro atoms. The molecule has 0 bridgehead atoms. The Morgan fingerprint density at radius 2 is 2.00 bits per heavy atom. The van der Waals surface area contributed by atoms with Crippen LogP contribution in [-0.4, -0.2) is 49.2 Å². The van der Waals surface area contributed by atoms with E-state index in [9.17, 15) is 4.79 Å². The number of nitrogens with zero attached hydrogens (tertiary/aromatic N) is 3. The van der Waals surface area contributed by atoms with Gasteiger partial charge >= 0.3 is 5.97 Å². The number of hydrogen-bond donors (Lipinski definition) is 0. The molecule has 6 heteroatoms. The summed E-state index contributed by atoms with van der Waals surface area (Å²) in [7, 11) is 3.58. The Bertz CT molecular complexity index is 1090. The van der Waals surface area contributed by atoms with Gasteiger partial charge in [-0.3, -0.25) is 0 Å². The highest BCUT2D eigenvalue weighted by Gasteiger charge is 2.37. The van der Waals surface area contributed by atoms with Gasteiger partial charge in [-0.1, -0.05) is 29.8 Å². The summed E-state index contributed by atoms with van der Waals surface area (Å²) in [5.41, 5.74) is 5.19. The highest BCUT2D eigenvalue weighted by molar-refractivity contribution is 6.31.